The molecular formula is C14H28N4O. The highest BCUT2D eigenvalue weighted by atomic mass is 16.1. The lowest BCUT2D eigenvalue weighted by molar-refractivity contribution is -0.120. The second-order valence-corrected chi connectivity index (χ2v) is 5.08. The van der Waals surface area contributed by atoms with Crippen LogP contribution in [0.2, 0.25) is 0 Å². The summed E-state index contributed by atoms with van der Waals surface area (Å²) in [6, 6.07) is 0.536. The lowest BCUT2D eigenvalue weighted by atomic mass is 9.96. The molecule has 0 saturated heterocycles. The standard InChI is InChI=1S/C14H28N4O/c1-3-10-16-13(19)9-11-17-14(15-2)18-12-7-5-4-6-8-12/h12H,3-11H2,1-2H3,(H,16,19)(H2,15,17,18). The van der Waals surface area contributed by atoms with Gasteiger partial charge in [0.05, 0.1) is 0 Å². The molecule has 5 nitrogen and oxygen atoms in total. The Morgan fingerprint density at radius 1 is 1.16 bits per heavy atom. The van der Waals surface area contributed by atoms with Gasteiger partial charge in [0.1, 0.15) is 0 Å². The molecule has 1 fully saturated rings. The quantitative estimate of drug-likeness (QED) is 0.504. The van der Waals surface area contributed by atoms with Gasteiger partial charge in [0.15, 0.2) is 5.96 Å². The van der Waals surface area contributed by atoms with Crippen molar-refractivity contribution in [2.75, 3.05) is 20.1 Å². The molecule has 0 spiro atoms. The fourth-order valence-corrected chi connectivity index (χ4v) is 2.28. The van der Waals surface area contributed by atoms with Crippen molar-refractivity contribution in [3.8, 4) is 0 Å². The molecule has 0 unspecified atom stereocenters. The Balaban J connectivity index is 2.16. The maximum absolute atomic E-state index is 11.5. The van der Waals surface area contributed by atoms with Gasteiger partial charge in [-0.15, -0.1) is 0 Å². The van der Waals surface area contributed by atoms with Crippen LogP contribution in [0.1, 0.15) is 51.9 Å². The van der Waals surface area contributed by atoms with Crippen LogP contribution < -0.4 is 16.0 Å². The lowest BCUT2D eigenvalue weighted by Crippen LogP contribution is -2.45. The van der Waals surface area contributed by atoms with Crippen LogP contribution in [0.25, 0.3) is 0 Å². The van der Waals surface area contributed by atoms with Crippen molar-refractivity contribution in [2.45, 2.75) is 57.9 Å². The molecular weight excluding hydrogens is 240 g/mol. The number of aliphatic imine (C=N–C) groups is 1. The summed E-state index contributed by atoms with van der Waals surface area (Å²) in [6.45, 7) is 3.43. The molecule has 1 aliphatic rings. The fraction of sp³-hybridized carbons (Fsp3) is 0.857. The number of carbonyl (C=O) groups excluding carboxylic acids is 1. The summed E-state index contributed by atoms with van der Waals surface area (Å²) >= 11 is 0. The maximum Gasteiger partial charge on any atom is 0.221 e. The molecule has 0 bridgehead atoms. The second-order valence-electron chi connectivity index (χ2n) is 5.08. The van der Waals surface area contributed by atoms with Crippen molar-refractivity contribution in [3.05, 3.63) is 0 Å². The largest absolute Gasteiger partial charge is 0.356 e. The molecule has 0 aromatic heterocycles. The van der Waals surface area contributed by atoms with Crippen LogP contribution in [0.3, 0.4) is 0 Å². The molecule has 0 radical (unpaired) electrons. The molecule has 0 aromatic rings. The van der Waals surface area contributed by atoms with E-state index < -0.39 is 0 Å². The Labute approximate surface area is 116 Å². The summed E-state index contributed by atoms with van der Waals surface area (Å²) in [7, 11) is 1.77. The normalized spacial score (nSPS) is 17.1. The van der Waals surface area contributed by atoms with Crippen molar-refractivity contribution in [2.24, 2.45) is 4.99 Å². The van der Waals surface area contributed by atoms with Gasteiger partial charge in [-0.25, -0.2) is 0 Å². The number of rotatable bonds is 6. The van der Waals surface area contributed by atoms with Crippen molar-refractivity contribution in [1.82, 2.24) is 16.0 Å². The summed E-state index contributed by atoms with van der Waals surface area (Å²) in [4.78, 5) is 15.7. The average Bonchev–Trinajstić information content (AvgIpc) is 2.45. The van der Waals surface area contributed by atoms with Gasteiger partial charge in [-0.3, -0.25) is 9.79 Å². The first-order chi connectivity index (χ1) is 9.26. The van der Waals surface area contributed by atoms with Crippen molar-refractivity contribution < 1.29 is 4.79 Å². The zero-order chi connectivity index (χ0) is 13.9. The number of nitrogens with one attached hydrogen (secondary N) is 3. The van der Waals surface area contributed by atoms with E-state index in [0.29, 0.717) is 19.0 Å². The first-order valence-corrected chi connectivity index (χ1v) is 7.50. The number of nitrogens with zero attached hydrogens (tertiary/aromatic N) is 1. The Kier molecular flexibility index (Phi) is 8.02. The van der Waals surface area contributed by atoms with Crippen molar-refractivity contribution in [3.63, 3.8) is 0 Å². The molecule has 110 valence electrons. The molecule has 1 saturated carbocycles. The highest BCUT2D eigenvalue weighted by molar-refractivity contribution is 5.81. The van der Waals surface area contributed by atoms with Gasteiger partial charge in [0.2, 0.25) is 5.91 Å². The second kappa shape index (κ2) is 9.64. The van der Waals surface area contributed by atoms with Gasteiger partial charge >= 0.3 is 0 Å². The van der Waals surface area contributed by atoms with E-state index in [0.717, 1.165) is 18.9 Å². The first kappa shape index (κ1) is 15.8. The molecule has 1 rings (SSSR count). The van der Waals surface area contributed by atoms with Crippen LogP contribution >= 0.6 is 0 Å². The monoisotopic (exact) mass is 268 g/mol. The van der Waals surface area contributed by atoms with E-state index in [1.807, 2.05) is 0 Å². The van der Waals surface area contributed by atoms with E-state index in [2.05, 4.69) is 27.9 Å². The van der Waals surface area contributed by atoms with Gasteiger partial charge in [0.25, 0.3) is 0 Å². The third-order valence-corrected chi connectivity index (χ3v) is 3.39. The van der Waals surface area contributed by atoms with Crippen LogP contribution in [0.4, 0.5) is 0 Å². The van der Waals surface area contributed by atoms with Crippen LogP contribution in [0.15, 0.2) is 4.99 Å². The number of hydrogen-bond acceptors (Lipinski definition) is 2. The number of amides is 1. The van der Waals surface area contributed by atoms with E-state index >= 15 is 0 Å². The lowest BCUT2D eigenvalue weighted by Gasteiger charge is -2.24. The van der Waals surface area contributed by atoms with Gasteiger partial charge in [-0.1, -0.05) is 26.2 Å². The molecule has 0 heterocycles. The molecule has 5 heteroatoms. The van der Waals surface area contributed by atoms with Crippen molar-refractivity contribution in [1.29, 1.82) is 0 Å². The highest BCUT2D eigenvalue weighted by Gasteiger charge is 2.14. The van der Waals surface area contributed by atoms with Gasteiger partial charge < -0.3 is 16.0 Å². The minimum Gasteiger partial charge on any atom is -0.356 e. The van der Waals surface area contributed by atoms with Crippen LogP contribution in [-0.4, -0.2) is 38.0 Å². The SMILES string of the molecule is CCCNC(=O)CCNC(=NC)NC1CCCCC1. The van der Waals surface area contributed by atoms with E-state index in [1.54, 1.807) is 7.05 Å². The minimum absolute atomic E-state index is 0.0995. The molecule has 0 aromatic carbocycles. The van der Waals surface area contributed by atoms with E-state index in [4.69, 9.17) is 0 Å². The number of guanidine groups is 1. The van der Waals surface area contributed by atoms with Crippen molar-refractivity contribution >= 4 is 11.9 Å². The topological polar surface area (TPSA) is 65.5 Å². The summed E-state index contributed by atoms with van der Waals surface area (Å²) in [5.74, 6) is 0.915. The molecule has 19 heavy (non-hydrogen) atoms. The predicted molar refractivity (Wildman–Crippen MR) is 79.3 cm³/mol. The van der Waals surface area contributed by atoms with E-state index in [9.17, 15) is 4.79 Å². The molecule has 3 N–H and O–H groups in total. The Hall–Kier alpha value is -1.26. The summed E-state index contributed by atoms with van der Waals surface area (Å²) < 4.78 is 0. The molecule has 0 aliphatic heterocycles. The van der Waals surface area contributed by atoms with Gasteiger partial charge in [-0.2, -0.15) is 0 Å². The van der Waals surface area contributed by atoms with Crippen LogP contribution in [-0.2, 0) is 4.79 Å². The molecule has 1 aliphatic carbocycles. The third-order valence-electron chi connectivity index (χ3n) is 3.39. The molecule has 0 atom stereocenters. The van der Waals surface area contributed by atoms with Crippen LogP contribution in [0.5, 0.6) is 0 Å². The zero-order valence-corrected chi connectivity index (χ0v) is 12.3. The maximum atomic E-state index is 11.5. The summed E-state index contributed by atoms with van der Waals surface area (Å²) in [6.07, 6.45) is 7.86. The minimum atomic E-state index is 0.0995. The highest BCUT2D eigenvalue weighted by Crippen LogP contribution is 2.17. The smallest absolute Gasteiger partial charge is 0.221 e. The Bertz CT molecular complexity index is 285. The number of carbonyl (C=O) groups is 1. The van der Waals surface area contributed by atoms with E-state index in [1.165, 1.54) is 32.1 Å². The Morgan fingerprint density at radius 2 is 1.89 bits per heavy atom. The van der Waals surface area contributed by atoms with E-state index in [-0.39, 0.29) is 5.91 Å². The van der Waals surface area contributed by atoms with Gasteiger partial charge in [0, 0.05) is 32.6 Å². The average molecular weight is 268 g/mol. The predicted octanol–water partition coefficient (Wildman–Crippen LogP) is 1.40. The van der Waals surface area contributed by atoms with Gasteiger partial charge in [-0.05, 0) is 19.3 Å². The Morgan fingerprint density at radius 3 is 2.53 bits per heavy atom. The fourth-order valence-electron chi connectivity index (χ4n) is 2.28. The zero-order valence-electron chi connectivity index (χ0n) is 12.3. The summed E-state index contributed by atoms with van der Waals surface area (Å²) in [5, 5.41) is 9.50. The third kappa shape index (κ3) is 7.03. The number of hydrogen-bond donors (Lipinski definition) is 3. The molecule has 1 amide bonds. The van der Waals surface area contributed by atoms with Crippen LogP contribution in [0, 0.1) is 0 Å². The summed E-state index contributed by atoms with van der Waals surface area (Å²) in [5.41, 5.74) is 0. The first-order valence-electron chi connectivity index (χ1n) is 7.50.